The molecule has 1 heterocycles. The zero-order valence-electron chi connectivity index (χ0n) is 9.76. The number of anilines is 1. The third kappa shape index (κ3) is 2.90. The maximum atomic E-state index is 12.3. The van der Waals surface area contributed by atoms with Crippen LogP contribution in [-0.2, 0) is 16.4 Å². The Morgan fingerprint density at radius 2 is 1.85 bits per heavy atom. The molecule has 0 bridgehead atoms. The second-order valence-electron chi connectivity index (χ2n) is 3.67. The molecule has 0 radical (unpaired) electrons. The van der Waals surface area contributed by atoms with Crippen molar-refractivity contribution in [3.05, 3.63) is 36.5 Å². The number of nitrogens with one attached hydrogen (secondary N) is 1. The van der Waals surface area contributed by atoms with E-state index < -0.39 is 20.2 Å². The van der Waals surface area contributed by atoms with E-state index in [0.717, 1.165) is 18.5 Å². The molecule has 0 saturated heterocycles. The van der Waals surface area contributed by atoms with E-state index >= 15 is 0 Å². The molecule has 0 atom stereocenters. The van der Waals surface area contributed by atoms with Crippen molar-refractivity contribution in [1.82, 2.24) is 10.1 Å². The van der Waals surface area contributed by atoms with Crippen molar-refractivity contribution >= 4 is 15.5 Å². The molecule has 1 N–H and O–H groups in total. The Balaban J connectivity index is 2.11. The van der Waals surface area contributed by atoms with Gasteiger partial charge in [0.2, 0.25) is 6.39 Å². The van der Waals surface area contributed by atoms with Crippen molar-refractivity contribution in [2.75, 3.05) is 5.32 Å². The normalized spacial score (nSPS) is 12.3. The fraction of sp³-hybridized carbons (Fsp3) is 0.200. The van der Waals surface area contributed by atoms with Gasteiger partial charge in [0.25, 0.3) is 9.84 Å². The molecule has 108 valence electrons. The third-order valence-corrected chi connectivity index (χ3v) is 3.83. The summed E-state index contributed by atoms with van der Waals surface area (Å²) in [6.45, 7) is 0.196. The number of benzene rings is 1. The van der Waals surface area contributed by atoms with Gasteiger partial charge in [-0.3, -0.25) is 0 Å². The van der Waals surface area contributed by atoms with E-state index in [2.05, 4.69) is 20.0 Å². The fourth-order valence-corrected chi connectivity index (χ4v) is 2.10. The molecule has 0 aliphatic heterocycles. The van der Waals surface area contributed by atoms with Crippen LogP contribution < -0.4 is 5.32 Å². The van der Waals surface area contributed by atoms with Crippen molar-refractivity contribution in [2.24, 2.45) is 0 Å². The van der Waals surface area contributed by atoms with Crippen molar-refractivity contribution < 1.29 is 26.1 Å². The lowest BCUT2D eigenvalue weighted by molar-refractivity contribution is -0.0436. The van der Waals surface area contributed by atoms with Crippen LogP contribution in [-0.4, -0.2) is 24.1 Å². The average molecular weight is 307 g/mol. The van der Waals surface area contributed by atoms with Crippen LogP contribution in [0.2, 0.25) is 0 Å². The maximum Gasteiger partial charge on any atom is 0.501 e. The molecule has 2 aromatic rings. The highest BCUT2D eigenvalue weighted by Gasteiger charge is 2.46. The minimum Gasteiger partial charge on any atom is -0.378 e. The Labute approximate surface area is 111 Å². The number of aromatic nitrogens is 2. The molecule has 1 aromatic heterocycles. The first-order valence-electron chi connectivity index (χ1n) is 5.21. The molecule has 2 rings (SSSR count). The van der Waals surface area contributed by atoms with Crippen LogP contribution >= 0.6 is 0 Å². The first kappa shape index (κ1) is 14.3. The Morgan fingerprint density at radius 1 is 1.20 bits per heavy atom. The quantitative estimate of drug-likeness (QED) is 0.929. The fourth-order valence-electron chi connectivity index (χ4n) is 1.34. The predicted molar refractivity (Wildman–Crippen MR) is 61.3 cm³/mol. The van der Waals surface area contributed by atoms with Gasteiger partial charge in [0.15, 0.2) is 5.82 Å². The van der Waals surface area contributed by atoms with Gasteiger partial charge in [0, 0.05) is 5.69 Å². The first-order chi connectivity index (χ1) is 9.30. The molecule has 6 nitrogen and oxygen atoms in total. The molecule has 0 aliphatic rings. The summed E-state index contributed by atoms with van der Waals surface area (Å²) >= 11 is 0. The van der Waals surface area contributed by atoms with Gasteiger partial charge < -0.3 is 9.84 Å². The van der Waals surface area contributed by atoms with Gasteiger partial charge in [-0.25, -0.2) is 8.42 Å². The first-order valence-corrected chi connectivity index (χ1v) is 6.69. The third-order valence-electron chi connectivity index (χ3n) is 2.33. The van der Waals surface area contributed by atoms with Crippen LogP contribution in [0.1, 0.15) is 5.82 Å². The molecule has 0 amide bonds. The van der Waals surface area contributed by atoms with Crippen molar-refractivity contribution in [1.29, 1.82) is 0 Å². The summed E-state index contributed by atoms with van der Waals surface area (Å²) in [7, 11) is -5.32. The number of sulfone groups is 1. The predicted octanol–water partition coefficient (Wildman–Crippen LogP) is 1.98. The molecular formula is C10H8F3N3O3S. The lowest BCUT2D eigenvalue weighted by atomic mass is 10.3. The molecule has 0 saturated carbocycles. The zero-order chi connectivity index (χ0) is 14.8. The van der Waals surface area contributed by atoms with E-state index in [4.69, 9.17) is 0 Å². The van der Waals surface area contributed by atoms with E-state index in [1.165, 1.54) is 12.1 Å². The summed E-state index contributed by atoms with van der Waals surface area (Å²) in [6, 6.07) is 4.19. The van der Waals surface area contributed by atoms with Crippen LogP contribution in [0.5, 0.6) is 0 Å². The minimum atomic E-state index is -5.32. The highest BCUT2D eigenvalue weighted by molar-refractivity contribution is 7.92. The highest BCUT2D eigenvalue weighted by atomic mass is 32.2. The molecule has 10 heteroatoms. The van der Waals surface area contributed by atoms with Crippen LogP contribution in [0.3, 0.4) is 0 Å². The van der Waals surface area contributed by atoms with Gasteiger partial charge in [0.1, 0.15) is 0 Å². The summed E-state index contributed by atoms with van der Waals surface area (Å²) in [6.07, 6.45) is 1.13. The molecule has 0 fully saturated rings. The van der Waals surface area contributed by atoms with Gasteiger partial charge in [-0.15, -0.1) is 0 Å². The largest absolute Gasteiger partial charge is 0.501 e. The van der Waals surface area contributed by atoms with E-state index in [1.807, 2.05) is 0 Å². The standard InChI is InChI=1S/C10H8F3N3O3S/c11-10(12,13)20(17,18)8-3-1-7(2-4-8)14-5-9-15-6-19-16-9/h1-4,6,14H,5H2. The number of rotatable bonds is 4. The summed E-state index contributed by atoms with van der Waals surface area (Å²) in [4.78, 5) is 2.93. The van der Waals surface area contributed by atoms with Crippen molar-refractivity contribution in [3.8, 4) is 0 Å². The van der Waals surface area contributed by atoms with E-state index in [0.29, 0.717) is 11.5 Å². The maximum absolute atomic E-state index is 12.3. The Bertz CT molecular complexity index is 666. The molecule has 20 heavy (non-hydrogen) atoms. The Morgan fingerprint density at radius 3 is 2.35 bits per heavy atom. The molecule has 1 aromatic carbocycles. The topological polar surface area (TPSA) is 85.1 Å². The minimum absolute atomic E-state index is 0.196. The summed E-state index contributed by atoms with van der Waals surface area (Å²) in [5.41, 5.74) is -4.89. The molecule has 0 aliphatic carbocycles. The van der Waals surface area contributed by atoms with Crippen molar-refractivity contribution in [2.45, 2.75) is 16.9 Å². The number of alkyl halides is 3. The zero-order valence-corrected chi connectivity index (χ0v) is 10.6. The average Bonchev–Trinajstić information content (AvgIpc) is 2.88. The van der Waals surface area contributed by atoms with Crippen LogP contribution in [0.15, 0.2) is 40.1 Å². The molecule has 0 unspecified atom stereocenters. The number of nitrogens with zero attached hydrogens (tertiary/aromatic N) is 2. The van der Waals surface area contributed by atoms with Crippen LogP contribution in [0.25, 0.3) is 0 Å². The van der Waals surface area contributed by atoms with Gasteiger partial charge >= 0.3 is 5.51 Å². The second-order valence-corrected chi connectivity index (χ2v) is 5.62. The Kier molecular flexibility index (Phi) is 3.66. The summed E-state index contributed by atoms with van der Waals surface area (Å²) < 4.78 is 63.7. The van der Waals surface area contributed by atoms with E-state index in [9.17, 15) is 21.6 Å². The number of hydrogen-bond donors (Lipinski definition) is 1. The van der Waals surface area contributed by atoms with Gasteiger partial charge in [-0.1, -0.05) is 5.16 Å². The smallest absolute Gasteiger partial charge is 0.378 e. The molecular weight excluding hydrogens is 299 g/mol. The van der Waals surface area contributed by atoms with E-state index in [1.54, 1.807) is 0 Å². The van der Waals surface area contributed by atoms with Crippen molar-refractivity contribution in [3.63, 3.8) is 0 Å². The van der Waals surface area contributed by atoms with Gasteiger partial charge in [-0.05, 0) is 24.3 Å². The Hall–Kier alpha value is -2.10. The number of halogens is 3. The monoisotopic (exact) mass is 307 g/mol. The summed E-state index contributed by atoms with van der Waals surface area (Å²) in [5, 5.41) is 6.33. The van der Waals surface area contributed by atoms with Gasteiger partial charge in [-0.2, -0.15) is 18.2 Å². The molecule has 0 spiro atoms. The number of hydrogen-bond acceptors (Lipinski definition) is 6. The summed E-state index contributed by atoms with van der Waals surface area (Å²) in [5.74, 6) is 0.358. The highest BCUT2D eigenvalue weighted by Crippen LogP contribution is 2.30. The second kappa shape index (κ2) is 5.12. The SMILES string of the molecule is O=S(=O)(c1ccc(NCc2ncon2)cc1)C(F)(F)F. The van der Waals surface area contributed by atoms with Gasteiger partial charge in [0.05, 0.1) is 11.4 Å². The van der Waals surface area contributed by atoms with E-state index in [-0.39, 0.29) is 6.54 Å². The van der Waals surface area contributed by atoms with Crippen LogP contribution in [0.4, 0.5) is 18.9 Å². The lowest BCUT2D eigenvalue weighted by Gasteiger charge is -2.09. The lowest BCUT2D eigenvalue weighted by Crippen LogP contribution is -2.23. The van der Waals surface area contributed by atoms with Crippen LogP contribution in [0, 0.1) is 0 Å².